The van der Waals surface area contributed by atoms with Crippen LogP contribution in [0.3, 0.4) is 0 Å². The molecule has 2 nitrogen and oxygen atoms in total. The SMILES string of the molecule is CC1(C)COB([Si]([Si](C)(C)C)([Si](C)(C)C)[Si](C)(C)C)OC1. The molecule has 0 aromatic carbocycles. The van der Waals surface area contributed by atoms with Gasteiger partial charge >= 0.3 is 6.71 Å². The summed E-state index contributed by atoms with van der Waals surface area (Å²) in [5.74, 6) is 0. The molecule has 1 saturated heterocycles. The monoisotopic (exact) mass is 360 g/mol. The Morgan fingerprint density at radius 2 is 0.952 bits per heavy atom. The maximum Gasteiger partial charge on any atom is 0.424 e. The lowest BCUT2D eigenvalue weighted by Gasteiger charge is -2.59. The summed E-state index contributed by atoms with van der Waals surface area (Å²) in [6.45, 7) is 28.2. The summed E-state index contributed by atoms with van der Waals surface area (Å²) < 4.78 is 13.0. The van der Waals surface area contributed by atoms with Gasteiger partial charge in [-0.2, -0.15) is 0 Å². The molecule has 0 atom stereocenters. The Bertz CT molecular complexity index is 334. The highest BCUT2D eigenvalue weighted by Gasteiger charge is 2.70. The van der Waals surface area contributed by atoms with Gasteiger partial charge in [0.25, 0.3) is 0 Å². The predicted molar refractivity (Wildman–Crippen MR) is 107 cm³/mol. The van der Waals surface area contributed by atoms with Crippen molar-refractivity contribution in [1.82, 2.24) is 0 Å². The Morgan fingerprint density at radius 1 is 0.667 bits per heavy atom. The standard InChI is InChI=1S/C14H37BO2Si4/c1-14(2)12-16-15(17-13-14)21(18(3,4)5,19(6,7)8)20(9,10)11/h12-13H2,1-11H3. The van der Waals surface area contributed by atoms with Gasteiger partial charge in [0, 0.05) is 41.4 Å². The quantitative estimate of drug-likeness (QED) is 0.695. The maximum absolute atomic E-state index is 6.48. The molecule has 124 valence electrons. The van der Waals surface area contributed by atoms with E-state index in [2.05, 4.69) is 72.8 Å². The van der Waals surface area contributed by atoms with Gasteiger partial charge in [0.1, 0.15) is 0 Å². The lowest BCUT2D eigenvalue weighted by Crippen LogP contribution is -2.90. The molecule has 0 saturated carbocycles. The van der Waals surface area contributed by atoms with Crippen molar-refractivity contribution >= 4 is 36.0 Å². The Labute approximate surface area is 136 Å². The molecule has 0 N–H and O–H groups in total. The second-order valence-corrected chi connectivity index (χ2v) is 51.4. The van der Waals surface area contributed by atoms with Gasteiger partial charge in [-0.1, -0.05) is 72.8 Å². The molecule has 1 aliphatic heterocycles. The number of hydrogen-bond donors (Lipinski definition) is 0. The minimum atomic E-state index is -1.59. The molecule has 0 aromatic rings. The Morgan fingerprint density at radius 3 is 1.19 bits per heavy atom. The van der Waals surface area contributed by atoms with Crippen LogP contribution in [0.15, 0.2) is 0 Å². The van der Waals surface area contributed by atoms with E-state index in [1.165, 1.54) is 0 Å². The summed E-state index contributed by atoms with van der Waals surface area (Å²) in [5.41, 5.74) is 0.176. The Kier molecular flexibility index (Phi) is 5.43. The van der Waals surface area contributed by atoms with Crippen molar-refractivity contribution in [3.05, 3.63) is 0 Å². The largest absolute Gasteiger partial charge is 0.424 e. The number of hydrogen-bond acceptors (Lipinski definition) is 2. The molecule has 7 heteroatoms. The van der Waals surface area contributed by atoms with Crippen LogP contribution in [0, 0.1) is 5.41 Å². The first kappa shape index (κ1) is 19.9. The van der Waals surface area contributed by atoms with Crippen molar-refractivity contribution in [2.24, 2.45) is 5.41 Å². The molecular weight excluding hydrogens is 323 g/mol. The molecule has 0 radical (unpaired) electrons. The first-order valence-electron chi connectivity index (χ1n) is 8.29. The average molecular weight is 361 g/mol. The third-order valence-corrected chi connectivity index (χ3v) is 77.2. The molecule has 0 amide bonds. The molecule has 1 heterocycles. The highest BCUT2D eigenvalue weighted by Crippen LogP contribution is 2.41. The van der Waals surface area contributed by atoms with Crippen LogP contribution < -0.4 is 0 Å². The van der Waals surface area contributed by atoms with E-state index in [-0.39, 0.29) is 12.1 Å². The Hall–Kier alpha value is 0.852. The van der Waals surface area contributed by atoms with Crippen LogP contribution in [0.25, 0.3) is 0 Å². The summed E-state index contributed by atoms with van der Waals surface area (Å²) in [6.07, 6.45) is 0. The normalized spacial score (nSPS) is 21.6. The van der Waals surface area contributed by atoms with Crippen LogP contribution in [0.5, 0.6) is 0 Å². The summed E-state index contributed by atoms with van der Waals surface area (Å²) in [5, 5.41) is 0. The van der Waals surface area contributed by atoms with Crippen molar-refractivity contribution in [1.29, 1.82) is 0 Å². The maximum atomic E-state index is 6.48. The summed E-state index contributed by atoms with van der Waals surface area (Å²) in [7, 11) is -3.99. The molecular formula is C14H37BO2Si4. The van der Waals surface area contributed by atoms with E-state index in [1.54, 1.807) is 0 Å². The molecule has 1 rings (SSSR count). The van der Waals surface area contributed by atoms with Crippen molar-refractivity contribution in [2.75, 3.05) is 13.2 Å². The zero-order chi connectivity index (χ0) is 16.9. The summed E-state index contributed by atoms with van der Waals surface area (Å²) >= 11 is 0. The van der Waals surface area contributed by atoms with E-state index in [0.717, 1.165) is 13.2 Å². The first-order chi connectivity index (χ1) is 9.06. The van der Waals surface area contributed by atoms with Gasteiger partial charge in [-0.15, -0.1) is 0 Å². The van der Waals surface area contributed by atoms with E-state index in [1.807, 2.05) is 0 Å². The highest BCUT2D eigenvalue weighted by molar-refractivity contribution is 8.03. The van der Waals surface area contributed by atoms with E-state index in [0.29, 0.717) is 0 Å². The fourth-order valence-electron chi connectivity index (χ4n) is 5.38. The second kappa shape index (κ2) is 5.74. The zero-order valence-electron chi connectivity index (χ0n) is 16.3. The third kappa shape index (κ3) is 3.53. The minimum Gasteiger partial charge on any atom is -0.414 e. The summed E-state index contributed by atoms with van der Waals surface area (Å²) in [6, 6.07) is 0. The van der Waals surface area contributed by atoms with Gasteiger partial charge in [0.05, 0.1) is 6.50 Å². The van der Waals surface area contributed by atoms with Crippen molar-refractivity contribution < 1.29 is 9.31 Å². The predicted octanol–water partition coefficient (Wildman–Crippen LogP) is 4.32. The van der Waals surface area contributed by atoms with Crippen LogP contribution in [0.2, 0.25) is 58.9 Å². The van der Waals surface area contributed by atoms with E-state index >= 15 is 0 Å². The van der Waals surface area contributed by atoms with Crippen LogP contribution in [0.4, 0.5) is 0 Å². The Balaban J connectivity index is 3.39. The fourth-order valence-corrected chi connectivity index (χ4v) is 104. The minimum absolute atomic E-state index is 0.163. The lowest BCUT2D eigenvalue weighted by molar-refractivity contribution is 0.0370. The molecule has 0 aromatic heterocycles. The van der Waals surface area contributed by atoms with Crippen LogP contribution in [-0.4, -0.2) is 49.2 Å². The first-order valence-corrected chi connectivity index (χ1v) is 23.9. The van der Waals surface area contributed by atoms with E-state index < -0.39 is 29.3 Å². The molecule has 0 aliphatic carbocycles. The molecule has 0 bridgehead atoms. The topological polar surface area (TPSA) is 18.5 Å². The van der Waals surface area contributed by atoms with Gasteiger partial charge < -0.3 is 9.31 Å². The zero-order valence-corrected chi connectivity index (χ0v) is 20.3. The van der Waals surface area contributed by atoms with Crippen molar-refractivity contribution in [3.63, 3.8) is 0 Å². The third-order valence-electron chi connectivity index (χ3n) is 5.15. The second-order valence-electron chi connectivity index (χ2n) is 10.7. The van der Waals surface area contributed by atoms with Crippen LogP contribution in [0.1, 0.15) is 13.8 Å². The lowest BCUT2D eigenvalue weighted by atomic mass is 9.94. The fraction of sp³-hybridized carbons (Fsp3) is 1.00. The van der Waals surface area contributed by atoms with E-state index in [4.69, 9.17) is 9.31 Å². The van der Waals surface area contributed by atoms with Crippen LogP contribution in [-0.2, 0) is 9.31 Å². The van der Waals surface area contributed by atoms with Crippen LogP contribution >= 0.6 is 0 Å². The smallest absolute Gasteiger partial charge is 0.414 e. The highest BCUT2D eigenvalue weighted by atomic mass is 29.9. The molecule has 1 fully saturated rings. The molecule has 0 unspecified atom stereocenters. The van der Waals surface area contributed by atoms with E-state index in [9.17, 15) is 0 Å². The van der Waals surface area contributed by atoms with Gasteiger partial charge in [0.2, 0.25) is 0 Å². The van der Waals surface area contributed by atoms with Gasteiger partial charge in [-0.05, 0) is 0 Å². The molecule has 1 aliphatic rings. The van der Waals surface area contributed by atoms with Crippen molar-refractivity contribution in [3.8, 4) is 0 Å². The van der Waals surface area contributed by atoms with Gasteiger partial charge in [-0.25, -0.2) is 0 Å². The summed E-state index contributed by atoms with van der Waals surface area (Å²) in [4.78, 5) is 0. The van der Waals surface area contributed by atoms with Crippen molar-refractivity contribution in [2.45, 2.75) is 72.8 Å². The van der Waals surface area contributed by atoms with Gasteiger partial charge in [-0.3, -0.25) is 0 Å². The molecule has 0 spiro atoms. The average Bonchev–Trinajstić information content (AvgIpc) is 2.14. The number of rotatable bonds is 4. The van der Waals surface area contributed by atoms with Gasteiger partial charge in [0.15, 0.2) is 0 Å². The molecule has 21 heavy (non-hydrogen) atoms.